The van der Waals surface area contributed by atoms with Crippen LogP contribution in [0.1, 0.15) is 40.4 Å². The molecule has 1 saturated heterocycles. The highest BCUT2D eigenvalue weighted by Crippen LogP contribution is 2.35. The Balaban J connectivity index is 1.39. The molecule has 7 nitrogen and oxygen atoms in total. The molecule has 192 valence electrons. The number of aromatic carboxylic acids is 1. The second-order valence-corrected chi connectivity index (χ2v) is 11.2. The van der Waals surface area contributed by atoms with E-state index in [0.29, 0.717) is 24.3 Å². The molecule has 5 rings (SSSR count). The van der Waals surface area contributed by atoms with E-state index in [9.17, 15) is 18.3 Å². The van der Waals surface area contributed by atoms with Crippen molar-refractivity contribution in [1.29, 1.82) is 0 Å². The molecule has 1 aliphatic carbocycles. The number of nitrogens with zero attached hydrogens (tertiary/aromatic N) is 2. The quantitative estimate of drug-likeness (QED) is 0.465. The summed E-state index contributed by atoms with van der Waals surface area (Å²) in [7, 11) is -4.04. The molecule has 1 aliphatic heterocycles. The molecule has 37 heavy (non-hydrogen) atoms. The van der Waals surface area contributed by atoms with Crippen LogP contribution >= 0.6 is 0 Å². The van der Waals surface area contributed by atoms with Crippen LogP contribution in [0, 0.1) is 0 Å². The summed E-state index contributed by atoms with van der Waals surface area (Å²) in [6, 6.07) is 20.6. The van der Waals surface area contributed by atoms with Crippen molar-refractivity contribution in [1.82, 2.24) is 4.90 Å². The summed E-state index contributed by atoms with van der Waals surface area (Å²) in [5.74, 6) is -1.15. The Labute approximate surface area is 218 Å². The van der Waals surface area contributed by atoms with E-state index in [0.717, 1.165) is 43.6 Å². The first-order valence-corrected chi connectivity index (χ1v) is 14.0. The van der Waals surface area contributed by atoms with E-state index in [-0.39, 0.29) is 16.1 Å². The number of allylic oxidation sites excluding steroid dienone is 2. The Morgan fingerprint density at radius 1 is 0.946 bits per heavy atom. The molecule has 2 aliphatic rings. The molecule has 0 amide bonds. The predicted octanol–water partition coefficient (Wildman–Crippen LogP) is 4.86. The molecule has 0 atom stereocenters. The summed E-state index contributed by atoms with van der Waals surface area (Å²) < 4.78 is 29.9. The number of aryl methyl sites for hydroxylation is 1. The fourth-order valence-electron chi connectivity index (χ4n) is 5.29. The number of carbonyl (C=O) groups is 1. The zero-order chi connectivity index (χ0) is 26.0. The predicted molar refractivity (Wildman–Crippen MR) is 147 cm³/mol. The van der Waals surface area contributed by atoms with E-state index in [1.165, 1.54) is 5.56 Å². The zero-order valence-electron chi connectivity index (χ0n) is 20.9. The molecular weight excluding hydrogens is 486 g/mol. The SMILES string of the molecule is CC1=CCCc2ccc(NS(=O)(=O)c3ccccc3N3CCN(Cc4ccccc4)CC3)c(C(=O)O)c21. The number of anilines is 2. The van der Waals surface area contributed by atoms with E-state index in [2.05, 4.69) is 26.7 Å². The number of rotatable bonds is 7. The number of benzene rings is 3. The van der Waals surface area contributed by atoms with E-state index < -0.39 is 16.0 Å². The lowest BCUT2D eigenvalue weighted by molar-refractivity contribution is 0.0697. The number of para-hydroxylation sites is 1. The number of carboxylic acid groups (broad SMARTS) is 1. The summed E-state index contributed by atoms with van der Waals surface area (Å²) in [5.41, 5.74) is 4.36. The van der Waals surface area contributed by atoms with Gasteiger partial charge in [0.2, 0.25) is 0 Å². The van der Waals surface area contributed by atoms with Gasteiger partial charge >= 0.3 is 5.97 Å². The van der Waals surface area contributed by atoms with Gasteiger partial charge in [-0.3, -0.25) is 9.62 Å². The maximum absolute atomic E-state index is 13.6. The molecule has 0 saturated carbocycles. The summed E-state index contributed by atoms with van der Waals surface area (Å²) in [4.78, 5) is 16.9. The lowest BCUT2D eigenvalue weighted by atomic mass is 9.87. The summed E-state index contributed by atoms with van der Waals surface area (Å²) in [6.07, 6.45) is 3.58. The summed E-state index contributed by atoms with van der Waals surface area (Å²) >= 11 is 0. The van der Waals surface area contributed by atoms with Gasteiger partial charge in [-0.2, -0.15) is 0 Å². The van der Waals surface area contributed by atoms with Crippen molar-refractivity contribution in [3.63, 3.8) is 0 Å². The molecule has 0 aromatic heterocycles. The van der Waals surface area contributed by atoms with Gasteiger partial charge in [-0.15, -0.1) is 0 Å². The van der Waals surface area contributed by atoms with Gasteiger partial charge in [0, 0.05) is 32.7 Å². The van der Waals surface area contributed by atoms with Crippen LogP contribution in [0.3, 0.4) is 0 Å². The maximum Gasteiger partial charge on any atom is 0.338 e. The second kappa shape index (κ2) is 10.4. The van der Waals surface area contributed by atoms with Crippen LogP contribution in [0.25, 0.3) is 5.57 Å². The Hall–Kier alpha value is -3.62. The van der Waals surface area contributed by atoms with Gasteiger partial charge in [-0.1, -0.05) is 54.6 Å². The van der Waals surface area contributed by atoms with Gasteiger partial charge in [-0.05, 0) is 60.2 Å². The van der Waals surface area contributed by atoms with E-state index >= 15 is 0 Å². The van der Waals surface area contributed by atoms with Crippen LogP contribution in [0.2, 0.25) is 0 Å². The number of sulfonamides is 1. The third kappa shape index (κ3) is 5.26. The van der Waals surface area contributed by atoms with Crippen molar-refractivity contribution in [2.75, 3.05) is 35.8 Å². The van der Waals surface area contributed by atoms with Crippen molar-refractivity contribution < 1.29 is 18.3 Å². The molecule has 0 unspecified atom stereocenters. The van der Waals surface area contributed by atoms with Gasteiger partial charge in [0.05, 0.1) is 16.9 Å². The largest absolute Gasteiger partial charge is 0.478 e. The fraction of sp³-hybridized carbons (Fsp3) is 0.276. The average molecular weight is 518 g/mol. The van der Waals surface area contributed by atoms with Crippen LogP contribution in [0.15, 0.2) is 77.7 Å². The van der Waals surface area contributed by atoms with Gasteiger partial charge < -0.3 is 10.0 Å². The zero-order valence-corrected chi connectivity index (χ0v) is 21.7. The van der Waals surface area contributed by atoms with E-state index in [1.54, 1.807) is 18.2 Å². The van der Waals surface area contributed by atoms with Gasteiger partial charge in [0.15, 0.2) is 0 Å². The molecular formula is C29H31N3O4S. The molecule has 3 aromatic rings. The molecule has 3 aromatic carbocycles. The lowest BCUT2D eigenvalue weighted by Gasteiger charge is -2.37. The minimum atomic E-state index is -4.04. The van der Waals surface area contributed by atoms with Crippen molar-refractivity contribution in [3.05, 3.63) is 95.1 Å². The van der Waals surface area contributed by atoms with Gasteiger partial charge in [-0.25, -0.2) is 13.2 Å². The van der Waals surface area contributed by atoms with E-state index in [4.69, 9.17) is 0 Å². The van der Waals surface area contributed by atoms with Crippen molar-refractivity contribution in [2.24, 2.45) is 0 Å². The van der Waals surface area contributed by atoms with Crippen molar-refractivity contribution >= 4 is 32.9 Å². The Morgan fingerprint density at radius 2 is 1.65 bits per heavy atom. The normalized spacial score (nSPS) is 16.1. The standard InChI is InChI=1S/C29H31N3O4S/c1-21-8-7-11-23-14-15-24(28(27(21)23)29(33)34)30-37(35,36)26-13-6-5-12-25(26)32-18-16-31(17-19-32)20-22-9-3-2-4-10-22/h2-6,8-10,12-15,30H,7,11,16-20H2,1H3,(H,33,34). The molecule has 2 N–H and O–H groups in total. The van der Waals surface area contributed by atoms with Gasteiger partial charge in [0.1, 0.15) is 4.90 Å². The summed E-state index contributed by atoms with van der Waals surface area (Å²) in [6.45, 7) is 5.76. The van der Waals surface area contributed by atoms with E-state index in [1.807, 2.05) is 49.4 Å². The van der Waals surface area contributed by atoms with Crippen LogP contribution in [0.4, 0.5) is 11.4 Å². The number of carboxylic acids is 1. The highest BCUT2D eigenvalue weighted by atomic mass is 32.2. The number of fused-ring (bicyclic) bond motifs is 1. The lowest BCUT2D eigenvalue weighted by Crippen LogP contribution is -2.46. The molecule has 8 heteroatoms. The van der Waals surface area contributed by atoms with Crippen LogP contribution < -0.4 is 9.62 Å². The first-order valence-electron chi connectivity index (χ1n) is 12.5. The topological polar surface area (TPSA) is 90.0 Å². The smallest absolute Gasteiger partial charge is 0.338 e. The van der Waals surface area contributed by atoms with Crippen molar-refractivity contribution in [2.45, 2.75) is 31.2 Å². The molecule has 0 radical (unpaired) electrons. The molecule has 0 bridgehead atoms. The van der Waals surface area contributed by atoms with Crippen molar-refractivity contribution in [3.8, 4) is 0 Å². The highest BCUT2D eigenvalue weighted by Gasteiger charge is 2.28. The monoisotopic (exact) mass is 517 g/mol. The van der Waals surface area contributed by atoms with Gasteiger partial charge in [0.25, 0.3) is 10.0 Å². The van der Waals surface area contributed by atoms with Crippen LogP contribution in [-0.4, -0.2) is 50.6 Å². The maximum atomic E-state index is 13.6. The third-order valence-corrected chi connectivity index (χ3v) is 8.54. The molecule has 1 heterocycles. The number of piperazine rings is 1. The van der Waals surface area contributed by atoms with Crippen LogP contribution in [0.5, 0.6) is 0 Å². The average Bonchev–Trinajstić information content (AvgIpc) is 2.90. The first-order chi connectivity index (χ1) is 17.8. The Kier molecular flexibility index (Phi) is 7.04. The number of hydrogen-bond acceptors (Lipinski definition) is 5. The van der Waals surface area contributed by atoms with Crippen LogP contribution in [-0.2, 0) is 23.0 Å². The Bertz CT molecular complexity index is 1440. The third-order valence-electron chi connectivity index (χ3n) is 7.13. The minimum Gasteiger partial charge on any atom is -0.478 e. The highest BCUT2D eigenvalue weighted by molar-refractivity contribution is 7.92. The first kappa shape index (κ1) is 25.0. The number of nitrogens with one attached hydrogen (secondary N) is 1. The Morgan fingerprint density at radius 3 is 2.38 bits per heavy atom. The minimum absolute atomic E-state index is 0.00142. The second-order valence-electron chi connectivity index (χ2n) is 9.58. The number of hydrogen-bond donors (Lipinski definition) is 2. The fourth-order valence-corrected chi connectivity index (χ4v) is 6.59. The molecule has 0 spiro atoms. The molecule has 1 fully saturated rings. The summed E-state index contributed by atoms with van der Waals surface area (Å²) in [5, 5.41) is 10.0.